The van der Waals surface area contributed by atoms with Crippen molar-refractivity contribution in [2.45, 2.75) is 55.8 Å². The number of benzene rings is 3. The summed E-state index contributed by atoms with van der Waals surface area (Å²) in [6.45, 7) is -1.47. The first kappa shape index (κ1) is 37.0. The number of anilines is 2. The van der Waals surface area contributed by atoms with Crippen molar-refractivity contribution >= 4 is 40.2 Å². The minimum absolute atomic E-state index is 0.0125. The molecule has 0 bridgehead atoms. The molecule has 3 atom stereocenters. The van der Waals surface area contributed by atoms with Crippen LogP contribution in [0.2, 0.25) is 0 Å². The van der Waals surface area contributed by atoms with Crippen LogP contribution < -0.4 is 30.0 Å². The van der Waals surface area contributed by atoms with Crippen molar-refractivity contribution in [2.75, 3.05) is 42.6 Å². The summed E-state index contributed by atoms with van der Waals surface area (Å²) in [7, 11) is 0. The van der Waals surface area contributed by atoms with Gasteiger partial charge in [-0.3, -0.25) is 14.5 Å². The number of esters is 1. The van der Waals surface area contributed by atoms with Gasteiger partial charge in [-0.15, -0.1) is 0 Å². The topological polar surface area (TPSA) is 149 Å². The number of hydrogen-bond donors (Lipinski definition) is 2. The maximum absolute atomic E-state index is 16.1. The molecule has 4 aliphatic rings. The standard InChI is InChI=1S/C38H33F5N4O9/c39-27-10-22(46-14-24(56-36(46)51)13-44-35(50)38(41,42)43)8-9-29(27)55-19-37(52)12-23-17-53-33-30-25(11-28(40)31(33)47(23)18-37)32(48)26(15-45(30)21-6-7-21)34(49)54-16-20-4-2-1-3-5-20/h1-5,8-11,15,21,23-24,52H,6-7,12-14,16-19H2,(H,44,50)/t23-,24-,37-/m0/s1. The number of amides is 2. The molecular weight excluding hydrogens is 751 g/mol. The van der Waals surface area contributed by atoms with E-state index in [0.717, 1.165) is 35.4 Å². The Kier molecular flexibility index (Phi) is 9.25. The van der Waals surface area contributed by atoms with Gasteiger partial charge in [0, 0.05) is 24.7 Å². The van der Waals surface area contributed by atoms with Gasteiger partial charge in [-0.2, -0.15) is 13.2 Å². The Balaban J connectivity index is 0.973. The van der Waals surface area contributed by atoms with E-state index in [1.54, 1.807) is 39.0 Å². The lowest BCUT2D eigenvalue weighted by molar-refractivity contribution is -0.173. The molecular formula is C38H33F5N4O9. The molecule has 3 fully saturated rings. The molecule has 2 saturated heterocycles. The summed E-state index contributed by atoms with van der Waals surface area (Å²) < 4.78 is 92.9. The number of halogens is 5. The molecule has 2 amide bonds. The third-order valence-electron chi connectivity index (χ3n) is 10.1. The number of nitrogens with one attached hydrogen (secondary N) is 1. The summed E-state index contributed by atoms with van der Waals surface area (Å²) in [5.74, 6) is -4.94. The van der Waals surface area contributed by atoms with E-state index in [9.17, 15) is 37.5 Å². The third-order valence-corrected chi connectivity index (χ3v) is 10.1. The lowest BCUT2D eigenvalue weighted by Gasteiger charge is -2.34. The Morgan fingerprint density at radius 3 is 2.50 bits per heavy atom. The van der Waals surface area contributed by atoms with Crippen molar-refractivity contribution in [1.82, 2.24) is 9.88 Å². The largest absolute Gasteiger partial charge is 0.487 e. The Bertz CT molecular complexity index is 2300. The number of nitrogens with zero attached hydrogens (tertiary/aromatic N) is 3. The monoisotopic (exact) mass is 784 g/mol. The smallest absolute Gasteiger partial charge is 0.471 e. The molecule has 13 nitrogen and oxygen atoms in total. The lowest BCUT2D eigenvalue weighted by atomic mass is 10.0. The number of alkyl halides is 3. The van der Waals surface area contributed by atoms with Gasteiger partial charge in [0.2, 0.25) is 5.43 Å². The molecule has 3 aliphatic heterocycles. The van der Waals surface area contributed by atoms with Gasteiger partial charge in [0.15, 0.2) is 23.1 Å². The van der Waals surface area contributed by atoms with Crippen LogP contribution in [-0.4, -0.2) is 84.4 Å². The first-order chi connectivity index (χ1) is 26.7. The van der Waals surface area contributed by atoms with Gasteiger partial charge in [-0.25, -0.2) is 18.4 Å². The van der Waals surface area contributed by atoms with E-state index in [-0.39, 0.29) is 72.6 Å². The van der Waals surface area contributed by atoms with E-state index in [4.69, 9.17) is 18.9 Å². The number of pyridine rings is 1. The normalized spacial score (nSPS) is 21.6. The molecule has 56 heavy (non-hydrogen) atoms. The van der Waals surface area contributed by atoms with Crippen molar-refractivity contribution < 1.29 is 60.4 Å². The van der Waals surface area contributed by atoms with Gasteiger partial charge >= 0.3 is 24.1 Å². The molecule has 3 aromatic carbocycles. The SMILES string of the molecule is O=C(OCc1ccccc1)c1cn(C2CC2)c2c3c(c(F)cc2c1=O)N1C[C@](O)(COc2ccc(N4C[C@H](CNC(=O)C(F)(F)F)OC4=O)cc2F)C[C@H]1CO3. The maximum Gasteiger partial charge on any atom is 0.471 e. The molecule has 0 radical (unpaired) electrons. The minimum atomic E-state index is -5.11. The second-order valence-electron chi connectivity index (χ2n) is 14.3. The summed E-state index contributed by atoms with van der Waals surface area (Å²) in [4.78, 5) is 52.9. The molecule has 0 unspecified atom stereocenters. The number of ether oxygens (including phenoxy) is 4. The van der Waals surface area contributed by atoms with Gasteiger partial charge in [0.05, 0.1) is 42.3 Å². The van der Waals surface area contributed by atoms with Gasteiger partial charge in [0.25, 0.3) is 0 Å². The van der Waals surface area contributed by atoms with E-state index in [1.165, 1.54) is 18.3 Å². The Morgan fingerprint density at radius 1 is 1.02 bits per heavy atom. The fourth-order valence-corrected chi connectivity index (χ4v) is 7.32. The molecule has 2 N–H and O–H groups in total. The highest BCUT2D eigenvalue weighted by atomic mass is 19.4. The fraction of sp³-hybridized carbons (Fsp3) is 0.368. The minimum Gasteiger partial charge on any atom is -0.487 e. The highest BCUT2D eigenvalue weighted by Gasteiger charge is 2.48. The number of aromatic nitrogens is 1. The van der Waals surface area contributed by atoms with Crippen molar-refractivity contribution in [2.24, 2.45) is 0 Å². The first-order valence-corrected chi connectivity index (χ1v) is 17.7. The maximum atomic E-state index is 16.1. The lowest BCUT2D eigenvalue weighted by Crippen LogP contribution is -2.41. The van der Waals surface area contributed by atoms with Gasteiger partial charge < -0.3 is 38.8 Å². The number of rotatable bonds is 10. The molecule has 1 aromatic heterocycles. The Labute approximate surface area is 314 Å². The molecule has 18 heteroatoms. The number of carbonyl (C=O) groups is 3. The van der Waals surface area contributed by atoms with Crippen LogP contribution in [0.3, 0.4) is 0 Å². The zero-order chi connectivity index (χ0) is 39.5. The van der Waals surface area contributed by atoms with E-state index in [2.05, 4.69) is 0 Å². The van der Waals surface area contributed by atoms with Crippen molar-refractivity contribution in [3.63, 3.8) is 0 Å². The summed E-state index contributed by atoms with van der Waals surface area (Å²) >= 11 is 0. The predicted octanol–water partition coefficient (Wildman–Crippen LogP) is 4.76. The van der Waals surface area contributed by atoms with Crippen molar-refractivity contribution in [3.05, 3.63) is 93.8 Å². The Hall–Kier alpha value is -5.91. The highest BCUT2D eigenvalue weighted by Crippen LogP contribution is 2.48. The third kappa shape index (κ3) is 7.04. The van der Waals surface area contributed by atoms with Gasteiger partial charge in [0.1, 0.15) is 42.8 Å². The van der Waals surface area contributed by atoms with Crippen molar-refractivity contribution in [3.8, 4) is 11.5 Å². The molecule has 294 valence electrons. The number of cyclic esters (lactones) is 1. The van der Waals surface area contributed by atoms with Crippen LogP contribution in [0.4, 0.5) is 38.1 Å². The van der Waals surface area contributed by atoms with Crippen LogP contribution in [-0.2, 0) is 20.9 Å². The van der Waals surface area contributed by atoms with Crippen LogP contribution in [0.1, 0.15) is 41.2 Å². The van der Waals surface area contributed by atoms with Crippen molar-refractivity contribution in [1.29, 1.82) is 0 Å². The van der Waals surface area contributed by atoms with E-state index >= 15 is 8.78 Å². The van der Waals surface area contributed by atoms with Crippen LogP contribution >= 0.6 is 0 Å². The average Bonchev–Trinajstić information content (AvgIpc) is 3.85. The second kappa shape index (κ2) is 14.0. The van der Waals surface area contributed by atoms with Crippen LogP contribution in [0, 0.1) is 11.6 Å². The average molecular weight is 785 g/mol. The van der Waals surface area contributed by atoms with E-state index < -0.39 is 72.1 Å². The fourth-order valence-electron chi connectivity index (χ4n) is 7.32. The number of aliphatic hydroxyl groups is 1. The predicted molar refractivity (Wildman–Crippen MR) is 187 cm³/mol. The van der Waals surface area contributed by atoms with Crippen LogP contribution in [0.25, 0.3) is 10.9 Å². The Morgan fingerprint density at radius 2 is 1.79 bits per heavy atom. The summed E-state index contributed by atoms with van der Waals surface area (Å²) in [6, 6.07) is 12.9. The zero-order valence-electron chi connectivity index (χ0n) is 29.3. The molecule has 4 heterocycles. The summed E-state index contributed by atoms with van der Waals surface area (Å²) in [6.07, 6.45) is -4.18. The molecule has 4 aromatic rings. The summed E-state index contributed by atoms with van der Waals surface area (Å²) in [5, 5.41) is 13.2. The first-order valence-electron chi connectivity index (χ1n) is 17.7. The molecule has 8 rings (SSSR count). The second-order valence-corrected chi connectivity index (χ2v) is 14.3. The molecule has 1 aliphatic carbocycles. The number of fused-ring (bicyclic) bond motifs is 5. The van der Waals surface area contributed by atoms with Gasteiger partial charge in [-0.1, -0.05) is 30.3 Å². The van der Waals surface area contributed by atoms with Crippen LogP contribution in [0.15, 0.2) is 65.6 Å². The summed E-state index contributed by atoms with van der Waals surface area (Å²) in [5.41, 5.74) is -1.47. The van der Waals surface area contributed by atoms with E-state index in [1.807, 2.05) is 6.07 Å². The molecule has 0 spiro atoms. The number of hydrogen-bond acceptors (Lipinski definition) is 10. The quantitative estimate of drug-likeness (QED) is 0.171. The van der Waals surface area contributed by atoms with E-state index in [0.29, 0.717) is 5.52 Å². The highest BCUT2D eigenvalue weighted by molar-refractivity contribution is 5.98. The zero-order valence-corrected chi connectivity index (χ0v) is 29.3. The van der Waals surface area contributed by atoms with Gasteiger partial charge in [-0.05, 0) is 36.6 Å². The van der Waals surface area contributed by atoms with Crippen LogP contribution in [0.5, 0.6) is 11.5 Å². The number of carbonyl (C=O) groups excluding carboxylic acids is 3. The molecule has 1 saturated carbocycles.